The van der Waals surface area contributed by atoms with Crippen molar-refractivity contribution in [1.82, 2.24) is 15.5 Å². The van der Waals surface area contributed by atoms with Crippen molar-refractivity contribution in [1.29, 1.82) is 0 Å². The van der Waals surface area contributed by atoms with Crippen molar-refractivity contribution in [2.45, 2.75) is 19.4 Å². The van der Waals surface area contributed by atoms with Crippen LogP contribution in [0.2, 0.25) is 5.02 Å². The predicted molar refractivity (Wildman–Crippen MR) is 96.0 cm³/mol. The largest absolute Gasteiger partial charge is 0.347 e. The average molecular weight is 381 g/mol. The summed E-state index contributed by atoms with van der Waals surface area (Å²) in [6.07, 6.45) is 0.426. The molecular formula is C16H17ClN4O3S. The highest BCUT2D eigenvalue weighted by Gasteiger charge is 2.29. The molecule has 0 bridgehead atoms. The Bertz CT molecular complexity index is 900. The van der Waals surface area contributed by atoms with E-state index in [-0.39, 0.29) is 23.2 Å². The summed E-state index contributed by atoms with van der Waals surface area (Å²) in [6, 6.07) is 8.32. The fraction of sp³-hybridized carbons (Fsp3) is 0.312. The summed E-state index contributed by atoms with van der Waals surface area (Å²) in [5.41, 5.74) is 1.87. The van der Waals surface area contributed by atoms with E-state index in [4.69, 9.17) is 11.6 Å². The van der Waals surface area contributed by atoms with Crippen molar-refractivity contribution < 1.29 is 13.2 Å². The molecule has 25 heavy (non-hydrogen) atoms. The summed E-state index contributed by atoms with van der Waals surface area (Å²) in [5.74, 6) is 0.116. The topological polar surface area (TPSA) is 101 Å². The number of anilines is 2. The molecule has 0 radical (unpaired) electrons. The number of rotatable bonds is 4. The van der Waals surface area contributed by atoms with Crippen molar-refractivity contribution in [3.63, 3.8) is 0 Å². The predicted octanol–water partition coefficient (Wildman–Crippen LogP) is 2.10. The maximum Gasteiger partial charge on any atom is 0.272 e. The number of hydrogen-bond donors (Lipinski definition) is 2. The molecule has 0 aliphatic carbocycles. The lowest BCUT2D eigenvalue weighted by molar-refractivity contribution is 0.0935. The number of aromatic nitrogens is 2. The minimum Gasteiger partial charge on any atom is -0.347 e. The Morgan fingerprint density at radius 2 is 2.04 bits per heavy atom. The molecule has 1 atom stereocenters. The summed E-state index contributed by atoms with van der Waals surface area (Å²) >= 11 is 6.08. The Balaban J connectivity index is 1.63. The van der Waals surface area contributed by atoms with Crippen LogP contribution in [-0.2, 0) is 9.84 Å². The summed E-state index contributed by atoms with van der Waals surface area (Å²) in [5, 5.41) is 14.2. The van der Waals surface area contributed by atoms with E-state index in [0.29, 0.717) is 17.3 Å². The van der Waals surface area contributed by atoms with Gasteiger partial charge in [0.25, 0.3) is 5.91 Å². The highest BCUT2D eigenvalue weighted by Crippen LogP contribution is 2.22. The molecule has 1 aliphatic rings. The van der Waals surface area contributed by atoms with Crippen LogP contribution < -0.4 is 10.6 Å². The zero-order chi connectivity index (χ0) is 18.0. The number of nitrogens with one attached hydrogen (secondary N) is 2. The Kier molecular flexibility index (Phi) is 4.91. The lowest BCUT2D eigenvalue weighted by Crippen LogP contribution is -2.36. The molecule has 0 spiro atoms. The van der Waals surface area contributed by atoms with E-state index in [1.807, 2.05) is 19.1 Å². The summed E-state index contributed by atoms with van der Waals surface area (Å²) in [4.78, 5) is 12.1. The molecule has 1 aromatic heterocycles. The van der Waals surface area contributed by atoms with Gasteiger partial charge in [0.05, 0.1) is 11.5 Å². The van der Waals surface area contributed by atoms with E-state index in [1.54, 1.807) is 12.1 Å². The molecular weight excluding hydrogens is 364 g/mol. The molecule has 1 fully saturated rings. The molecule has 1 unspecified atom stereocenters. The zero-order valence-corrected chi connectivity index (χ0v) is 15.1. The Labute approximate surface area is 150 Å². The van der Waals surface area contributed by atoms with Crippen LogP contribution >= 0.6 is 11.6 Å². The van der Waals surface area contributed by atoms with Crippen molar-refractivity contribution in [2.24, 2.45) is 0 Å². The minimum atomic E-state index is -3.04. The lowest BCUT2D eigenvalue weighted by atomic mass is 10.2. The fourth-order valence-corrected chi connectivity index (χ4v) is 4.36. The Hall–Kier alpha value is -2.19. The number of halogens is 1. The maximum absolute atomic E-state index is 12.1. The number of carbonyl (C=O) groups excluding carboxylic acids is 1. The first-order valence-electron chi connectivity index (χ1n) is 7.70. The van der Waals surface area contributed by atoms with Crippen LogP contribution in [0.5, 0.6) is 0 Å². The second-order valence-electron chi connectivity index (χ2n) is 5.97. The van der Waals surface area contributed by atoms with E-state index in [2.05, 4.69) is 20.8 Å². The lowest BCUT2D eigenvalue weighted by Gasteiger charge is -2.10. The monoisotopic (exact) mass is 380 g/mol. The first-order chi connectivity index (χ1) is 11.8. The molecule has 3 rings (SSSR count). The van der Waals surface area contributed by atoms with Gasteiger partial charge in [0.15, 0.2) is 21.3 Å². The molecule has 1 saturated heterocycles. The summed E-state index contributed by atoms with van der Waals surface area (Å²) in [6.45, 7) is 1.91. The second kappa shape index (κ2) is 6.97. The van der Waals surface area contributed by atoms with Crippen LogP contribution in [0.1, 0.15) is 22.5 Å². The SMILES string of the molecule is Cc1ccc(Nc2ccc(C(=O)NC3CCS(=O)(=O)C3)nn2)cc1Cl. The van der Waals surface area contributed by atoms with Crippen LogP contribution in [0.25, 0.3) is 0 Å². The van der Waals surface area contributed by atoms with Crippen LogP contribution in [0.4, 0.5) is 11.5 Å². The van der Waals surface area contributed by atoms with Gasteiger partial charge >= 0.3 is 0 Å². The van der Waals surface area contributed by atoms with Crippen molar-refractivity contribution in [3.8, 4) is 0 Å². The third-order valence-electron chi connectivity index (χ3n) is 3.91. The van der Waals surface area contributed by atoms with Crippen LogP contribution in [0.3, 0.4) is 0 Å². The highest BCUT2D eigenvalue weighted by molar-refractivity contribution is 7.91. The van der Waals surface area contributed by atoms with E-state index in [9.17, 15) is 13.2 Å². The van der Waals surface area contributed by atoms with Gasteiger partial charge in [0, 0.05) is 16.8 Å². The molecule has 9 heteroatoms. The molecule has 1 aliphatic heterocycles. The normalized spacial score (nSPS) is 18.7. The number of benzene rings is 1. The number of aryl methyl sites for hydroxylation is 1. The third kappa shape index (κ3) is 4.46. The molecule has 2 N–H and O–H groups in total. The van der Waals surface area contributed by atoms with Crippen molar-refractivity contribution >= 4 is 38.9 Å². The van der Waals surface area contributed by atoms with Crippen LogP contribution in [0, 0.1) is 6.92 Å². The quantitative estimate of drug-likeness (QED) is 0.842. The van der Waals surface area contributed by atoms with Gasteiger partial charge in [-0.25, -0.2) is 8.42 Å². The van der Waals surface area contributed by atoms with E-state index in [1.165, 1.54) is 6.07 Å². The van der Waals surface area contributed by atoms with Gasteiger partial charge in [-0.15, -0.1) is 10.2 Å². The first-order valence-corrected chi connectivity index (χ1v) is 9.90. The molecule has 2 heterocycles. The molecule has 7 nitrogen and oxygen atoms in total. The average Bonchev–Trinajstić information content (AvgIpc) is 2.90. The van der Waals surface area contributed by atoms with E-state index >= 15 is 0 Å². The van der Waals surface area contributed by atoms with Gasteiger partial charge in [-0.2, -0.15) is 0 Å². The summed E-state index contributed by atoms with van der Waals surface area (Å²) < 4.78 is 22.9. The minimum absolute atomic E-state index is 0.0278. The highest BCUT2D eigenvalue weighted by atomic mass is 35.5. The van der Waals surface area contributed by atoms with Gasteiger partial charge < -0.3 is 10.6 Å². The standard InChI is InChI=1S/C16H17ClN4O3S/c1-10-2-3-11(8-13(10)17)18-15-5-4-14(20-21-15)16(22)19-12-6-7-25(23,24)9-12/h2-5,8,12H,6-7,9H2,1H3,(H,18,21)(H,19,22). The smallest absolute Gasteiger partial charge is 0.272 e. The molecule has 1 amide bonds. The Morgan fingerprint density at radius 1 is 1.24 bits per heavy atom. The summed E-state index contributed by atoms with van der Waals surface area (Å²) in [7, 11) is -3.04. The van der Waals surface area contributed by atoms with E-state index in [0.717, 1.165) is 11.3 Å². The van der Waals surface area contributed by atoms with Crippen LogP contribution in [0.15, 0.2) is 30.3 Å². The van der Waals surface area contributed by atoms with Gasteiger partial charge in [-0.05, 0) is 43.2 Å². The number of nitrogens with zero attached hydrogens (tertiary/aromatic N) is 2. The Morgan fingerprint density at radius 3 is 2.64 bits per heavy atom. The number of amides is 1. The molecule has 0 saturated carbocycles. The van der Waals surface area contributed by atoms with Crippen molar-refractivity contribution in [2.75, 3.05) is 16.8 Å². The molecule has 2 aromatic rings. The second-order valence-corrected chi connectivity index (χ2v) is 8.60. The maximum atomic E-state index is 12.1. The molecule has 132 valence electrons. The molecule has 1 aromatic carbocycles. The zero-order valence-electron chi connectivity index (χ0n) is 13.5. The first kappa shape index (κ1) is 17.6. The fourth-order valence-electron chi connectivity index (χ4n) is 2.51. The van der Waals surface area contributed by atoms with Gasteiger partial charge in [0.2, 0.25) is 0 Å². The van der Waals surface area contributed by atoms with Crippen LogP contribution in [-0.4, -0.2) is 42.1 Å². The van der Waals surface area contributed by atoms with Gasteiger partial charge in [-0.1, -0.05) is 17.7 Å². The third-order valence-corrected chi connectivity index (χ3v) is 6.08. The van der Waals surface area contributed by atoms with Gasteiger partial charge in [0.1, 0.15) is 0 Å². The van der Waals surface area contributed by atoms with Crippen molar-refractivity contribution in [3.05, 3.63) is 46.6 Å². The van der Waals surface area contributed by atoms with E-state index < -0.39 is 15.7 Å². The number of hydrogen-bond acceptors (Lipinski definition) is 6. The van der Waals surface area contributed by atoms with Gasteiger partial charge in [-0.3, -0.25) is 4.79 Å². The number of carbonyl (C=O) groups is 1. The number of sulfone groups is 1.